The molecule has 0 aromatic carbocycles. The Hall–Kier alpha value is -3.29. The Kier molecular flexibility index (Phi) is 3.71. The van der Waals surface area contributed by atoms with Crippen LogP contribution < -0.4 is 5.32 Å². The molecule has 23 heavy (non-hydrogen) atoms. The largest absolute Gasteiger partial charge is 0.346 e. The van der Waals surface area contributed by atoms with Crippen molar-refractivity contribution in [3.8, 4) is 11.5 Å². The zero-order valence-electron chi connectivity index (χ0n) is 12.6. The minimum absolute atomic E-state index is 0.102. The molecule has 0 spiro atoms. The summed E-state index contributed by atoms with van der Waals surface area (Å²) in [6.07, 6.45) is 3.25. The van der Waals surface area contributed by atoms with Crippen molar-refractivity contribution in [2.75, 3.05) is 5.32 Å². The molecule has 8 nitrogen and oxygen atoms in total. The lowest BCUT2D eigenvalue weighted by Gasteiger charge is -2.01. The first kappa shape index (κ1) is 14.6. The van der Waals surface area contributed by atoms with E-state index in [0.717, 1.165) is 0 Å². The predicted molar refractivity (Wildman–Crippen MR) is 83.0 cm³/mol. The molecule has 8 heteroatoms. The maximum Gasteiger partial charge on any atom is 0.274 e. The predicted octanol–water partition coefficient (Wildman–Crippen LogP) is 1.66. The summed E-state index contributed by atoms with van der Waals surface area (Å²) in [5, 5.41) is 9.25. The summed E-state index contributed by atoms with van der Waals surface area (Å²) in [7, 11) is 1.69. The maximum absolute atomic E-state index is 12.3. The molecule has 0 aliphatic rings. The van der Waals surface area contributed by atoms with E-state index in [1.54, 1.807) is 36.1 Å². The van der Waals surface area contributed by atoms with Gasteiger partial charge in [-0.05, 0) is 25.1 Å². The number of anilines is 1. The van der Waals surface area contributed by atoms with Gasteiger partial charge >= 0.3 is 0 Å². The molecule has 0 saturated heterocycles. The number of H-pyrrole nitrogens is 1. The van der Waals surface area contributed by atoms with Crippen molar-refractivity contribution >= 4 is 17.6 Å². The number of carbonyl (C=O) groups is 2. The highest BCUT2D eigenvalue weighted by molar-refractivity contribution is 6.04. The second-order valence-electron chi connectivity index (χ2n) is 4.96. The van der Waals surface area contributed by atoms with E-state index in [4.69, 9.17) is 0 Å². The Bertz CT molecular complexity index is 865. The normalized spacial score (nSPS) is 10.5. The van der Waals surface area contributed by atoms with E-state index >= 15 is 0 Å². The number of ketones is 1. The van der Waals surface area contributed by atoms with Crippen LogP contribution in [0.4, 0.5) is 5.95 Å². The van der Waals surface area contributed by atoms with E-state index in [1.807, 2.05) is 6.07 Å². The van der Waals surface area contributed by atoms with Crippen LogP contribution in [0.25, 0.3) is 11.5 Å². The minimum atomic E-state index is -0.397. The number of hydrogen-bond acceptors (Lipinski definition) is 5. The molecule has 0 aliphatic heterocycles. The molecule has 0 unspecified atom stereocenters. The van der Waals surface area contributed by atoms with Gasteiger partial charge in [0, 0.05) is 25.0 Å². The fourth-order valence-electron chi connectivity index (χ4n) is 2.08. The van der Waals surface area contributed by atoms with Crippen molar-refractivity contribution in [3.05, 3.63) is 47.9 Å². The van der Waals surface area contributed by atoms with Gasteiger partial charge in [0.1, 0.15) is 11.4 Å². The third kappa shape index (κ3) is 3.00. The number of rotatable bonds is 4. The van der Waals surface area contributed by atoms with Crippen molar-refractivity contribution in [1.29, 1.82) is 0 Å². The number of hydrogen-bond donors (Lipinski definition) is 2. The Balaban J connectivity index is 1.79. The van der Waals surface area contributed by atoms with Gasteiger partial charge in [-0.3, -0.25) is 25.0 Å². The molecule has 0 radical (unpaired) electrons. The van der Waals surface area contributed by atoms with Crippen LogP contribution in [0.1, 0.15) is 27.8 Å². The minimum Gasteiger partial charge on any atom is -0.346 e. The Morgan fingerprint density at radius 2 is 2.13 bits per heavy atom. The highest BCUT2D eigenvalue weighted by Crippen LogP contribution is 2.14. The summed E-state index contributed by atoms with van der Waals surface area (Å²) in [6, 6.07) is 6.94. The fourth-order valence-corrected chi connectivity index (χ4v) is 2.08. The number of Topliss-reactive ketones (excluding diaryl/α,β-unsaturated/α-hetero) is 1. The number of nitrogens with one attached hydrogen (secondary N) is 2. The van der Waals surface area contributed by atoms with Crippen LogP contribution in [0.3, 0.4) is 0 Å². The second kappa shape index (κ2) is 5.84. The molecule has 0 fully saturated rings. The summed E-state index contributed by atoms with van der Waals surface area (Å²) in [5.74, 6) is 0.0972. The van der Waals surface area contributed by atoms with Crippen molar-refractivity contribution in [1.82, 2.24) is 24.7 Å². The van der Waals surface area contributed by atoms with Crippen molar-refractivity contribution in [2.45, 2.75) is 6.92 Å². The van der Waals surface area contributed by atoms with Crippen molar-refractivity contribution in [3.63, 3.8) is 0 Å². The van der Waals surface area contributed by atoms with Gasteiger partial charge in [0.2, 0.25) is 5.95 Å². The molecule has 0 aliphatic carbocycles. The zero-order valence-corrected chi connectivity index (χ0v) is 12.6. The van der Waals surface area contributed by atoms with Crippen LogP contribution >= 0.6 is 0 Å². The molecule has 0 bridgehead atoms. The summed E-state index contributed by atoms with van der Waals surface area (Å²) >= 11 is 0. The second-order valence-corrected chi connectivity index (χ2v) is 4.96. The molecule has 3 heterocycles. The van der Waals surface area contributed by atoms with Crippen LogP contribution in [0.15, 0.2) is 36.7 Å². The van der Waals surface area contributed by atoms with Crippen LogP contribution in [-0.2, 0) is 7.05 Å². The number of aromatic amines is 1. The van der Waals surface area contributed by atoms with E-state index in [2.05, 4.69) is 25.5 Å². The summed E-state index contributed by atoms with van der Waals surface area (Å²) < 4.78 is 1.58. The third-order valence-corrected chi connectivity index (χ3v) is 3.26. The first-order chi connectivity index (χ1) is 11.0. The van der Waals surface area contributed by atoms with Gasteiger partial charge in [-0.25, -0.2) is 0 Å². The quantitative estimate of drug-likeness (QED) is 0.713. The van der Waals surface area contributed by atoms with E-state index in [0.29, 0.717) is 22.8 Å². The van der Waals surface area contributed by atoms with E-state index in [-0.39, 0.29) is 11.7 Å². The zero-order chi connectivity index (χ0) is 16.4. The SMILES string of the molecule is CC(=O)c1cc(C(=O)Nc2n[nH]c(-c3ccccn3)n2)n(C)c1. The number of aryl methyl sites for hydroxylation is 1. The van der Waals surface area contributed by atoms with E-state index < -0.39 is 5.91 Å². The van der Waals surface area contributed by atoms with Crippen molar-refractivity contribution in [2.24, 2.45) is 7.05 Å². The lowest BCUT2D eigenvalue weighted by atomic mass is 10.2. The number of amides is 1. The summed E-state index contributed by atoms with van der Waals surface area (Å²) in [5.41, 5.74) is 1.44. The molecule has 3 rings (SSSR count). The molecule has 0 saturated carbocycles. The van der Waals surface area contributed by atoms with Crippen LogP contribution in [0.5, 0.6) is 0 Å². The Morgan fingerprint density at radius 3 is 2.78 bits per heavy atom. The average Bonchev–Trinajstić information content (AvgIpc) is 3.15. The van der Waals surface area contributed by atoms with Crippen LogP contribution in [0, 0.1) is 0 Å². The maximum atomic E-state index is 12.3. The van der Waals surface area contributed by atoms with Gasteiger partial charge in [0.25, 0.3) is 5.91 Å². The molecule has 3 aromatic rings. The molecule has 0 atom stereocenters. The summed E-state index contributed by atoms with van der Waals surface area (Å²) in [6.45, 7) is 1.45. The average molecular weight is 310 g/mol. The number of carbonyl (C=O) groups excluding carboxylic acids is 2. The molecule has 2 N–H and O–H groups in total. The van der Waals surface area contributed by atoms with Gasteiger partial charge in [-0.2, -0.15) is 4.98 Å². The first-order valence-corrected chi connectivity index (χ1v) is 6.87. The van der Waals surface area contributed by atoms with Gasteiger partial charge in [0.15, 0.2) is 11.6 Å². The number of pyridine rings is 1. The number of nitrogens with zero attached hydrogens (tertiary/aromatic N) is 4. The topological polar surface area (TPSA) is 106 Å². The molecule has 116 valence electrons. The third-order valence-electron chi connectivity index (χ3n) is 3.26. The van der Waals surface area contributed by atoms with Gasteiger partial charge in [-0.1, -0.05) is 6.07 Å². The van der Waals surface area contributed by atoms with E-state index in [9.17, 15) is 9.59 Å². The monoisotopic (exact) mass is 310 g/mol. The Labute approximate surface area is 131 Å². The lowest BCUT2D eigenvalue weighted by Crippen LogP contribution is -2.16. The number of aromatic nitrogens is 5. The molecular formula is C15H14N6O2. The van der Waals surface area contributed by atoms with Crippen LogP contribution in [0.2, 0.25) is 0 Å². The first-order valence-electron chi connectivity index (χ1n) is 6.87. The fraction of sp³-hybridized carbons (Fsp3) is 0.133. The Morgan fingerprint density at radius 1 is 1.30 bits per heavy atom. The van der Waals surface area contributed by atoms with Crippen molar-refractivity contribution < 1.29 is 9.59 Å². The van der Waals surface area contributed by atoms with Crippen LogP contribution in [-0.4, -0.2) is 36.4 Å². The summed E-state index contributed by atoms with van der Waals surface area (Å²) in [4.78, 5) is 32.0. The molecule has 1 amide bonds. The van der Waals surface area contributed by atoms with Gasteiger partial charge in [-0.15, -0.1) is 5.10 Å². The molecule has 3 aromatic heterocycles. The highest BCUT2D eigenvalue weighted by Gasteiger charge is 2.16. The molecular weight excluding hydrogens is 296 g/mol. The van der Waals surface area contributed by atoms with E-state index in [1.165, 1.54) is 13.0 Å². The smallest absolute Gasteiger partial charge is 0.274 e. The van der Waals surface area contributed by atoms with Gasteiger partial charge in [0.05, 0.1) is 0 Å². The lowest BCUT2D eigenvalue weighted by molar-refractivity contribution is 0.101. The van der Waals surface area contributed by atoms with Gasteiger partial charge < -0.3 is 4.57 Å². The standard InChI is InChI=1S/C15H14N6O2/c1-9(22)10-7-12(21(2)8-10)14(23)18-15-17-13(19-20-15)11-5-3-4-6-16-11/h3-8H,1-2H3,(H2,17,18,19,20,23). The highest BCUT2D eigenvalue weighted by atomic mass is 16.2.